The Morgan fingerprint density at radius 2 is 1.77 bits per heavy atom. The fourth-order valence-electron chi connectivity index (χ4n) is 3.60. The van der Waals surface area contributed by atoms with Crippen LogP contribution in [0.2, 0.25) is 0 Å². The summed E-state index contributed by atoms with van der Waals surface area (Å²) in [6, 6.07) is 3.93. The Morgan fingerprint density at radius 1 is 1.17 bits per heavy atom. The third kappa shape index (κ3) is 7.84. The number of methoxy groups -OCH3 is 1. The summed E-state index contributed by atoms with van der Waals surface area (Å²) in [5, 5.41) is 36.5. The molecule has 0 bridgehead atoms. The lowest BCUT2D eigenvalue weighted by atomic mass is 10.2. The Labute approximate surface area is 212 Å². The van der Waals surface area contributed by atoms with Crippen molar-refractivity contribution in [2.45, 2.75) is 54.1 Å². The summed E-state index contributed by atoms with van der Waals surface area (Å²) in [5.41, 5.74) is 1.46. The minimum atomic E-state index is -0.265. The molecule has 0 saturated heterocycles. The first-order chi connectivity index (χ1) is 16.1. The van der Waals surface area contributed by atoms with Gasteiger partial charge in [-0.05, 0) is 50.2 Å². The van der Waals surface area contributed by atoms with Crippen LogP contribution in [-0.2, 0) is 11.8 Å². The van der Waals surface area contributed by atoms with Crippen LogP contribution in [0.3, 0.4) is 0 Å². The predicted molar refractivity (Wildman–Crippen MR) is 141 cm³/mol. The number of carbonyl (C=O) groups is 1. The van der Waals surface area contributed by atoms with E-state index in [1.807, 2.05) is 7.05 Å². The lowest BCUT2D eigenvalue weighted by molar-refractivity contribution is -0.712. The molecule has 0 spiro atoms. The Kier molecular flexibility index (Phi) is 12.0. The summed E-state index contributed by atoms with van der Waals surface area (Å²) in [7, 11) is 3.34. The van der Waals surface area contributed by atoms with E-state index < -0.39 is 0 Å². The van der Waals surface area contributed by atoms with Crippen molar-refractivity contribution < 1.29 is 24.4 Å². The van der Waals surface area contributed by atoms with Crippen molar-refractivity contribution in [2.75, 3.05) is 48.5 Å². The molecule has 11 nitrogen and oxygen atoms in total. The summed E-state index contributed by atoms with van der Waals surface area (Å²) in [5.74, 6) is 0.212. The molecule has 0 radical (unpaired) electrons. The van der Waals surface area contributed by atoms with Crippen molar-refractivity contribution >= 4 is 44.6 Å². The molecule has 0 atom stereocenters. The van der Waals surface area contributed by atoms with E-state index in [0.717, 1.165) is 5.13 Å². The minimum absolute atomic E-state index is 0. The van der Waals surface area contributed by atoms with Crippen LogP contribution in [0.25, 0.3) is 0 Å². The zero-order valence-corrected chi connectivity index (χ0v) is 21.8. The molecule has 12 heteroatoms. The van der Waals surface area contributed by atoms with Crippen molar-refractivity contribution in [1.82, 2.24) is 5.10 Å². The molecule has 3 N–H and O–H groups in total. The Morgan fingerprint density at radius 3 is 2.26 bits per heavy atom. The predicted octanol–water partition coefficient (Wildman–Crippen LogP) is 3.40. The molecule has 1 amide bonds. The normalized spacial score (nSPS) is 11.2. The number of carbonyl (C=O) groups excluding carboxylic acids is 1. The summed E-state index contributed by atoms with van der Waals surface area (Å²) in [4.78, 5) is 15.8. The van der Waals surface area contributed by atoms with Crippen molar-refractivity contribution in [2.24, 2.45) is 17.3 Å². The van der Waals surface area contributed by atoms with Crippen LogP contribution in [0.4, 0.5) is 27.3 Å². The molecular formula is C23H40N7O4S+. The fraction of sp³-hybridized carbons (Fsp3) is 0.609. The van der Waals surface area contributed by atoms with Crippen LogP contribution >= 0.6 is 11.3 Å². The molecule has 0 aliphatic carbocycles. The molecule has 0 aliphatic rings. The van der Waals surface area contributed by atoms with Crippen LogP contribution in [0.1, 0.15) is 42.0 Å². The van der Waals surface area contributed by atoms with E-state index in [-0.39, 0.29) is 38.6 Å². The Bertz CT molecular complexity index is 980. The maximum absolute atomic E-state index is 11.9. The smallest absolute Gasteiger partial charge is 0.431 e. The number of aliphatic hydroxyl groups excluding tert-OH is 2. The SMILES string of the molecule is C.COc1cc(N=Nc2sc(N(C(C)C)C(C)C)n[n+]2C)c(NC(C)=O)cc1N(CCO)CCO. The van der Waals surface area contributed by atoms with Gasteiger partial charge >= 0.3 is 5.13 Å². The fourth-order valence-corrected chi connectivity index (χ4v) is 4.71. The largest absolute Gasteiger partial charge is 0.494 e. The maximum atomic E-state index is 11.9. The van der Waals surface area contributed by atoms with E-state index in [4.69, 9.17) is 4.74 Å². The highest BCUT2D eigenvalue weighted by atomic mass is 32.1. The highest BCUT2D eigenvalue weighted by molar-refractivity contribution is 7.18. The van der Waals surface area contributed by atoms with Crippen LogP contribution < -0.4 is 24.5 Å². The van der Waals surface area contributed by atoms with Crippen LogP contribution in [0.15, 0.2) is 22.4 Å². The van der Waals surface area contributed by atoms with Gasteiger partial charge in [-0.1, -0.05) is 12.5 Å². The maximum Gasteiger partial charge on any atom is 0.431 e. The van der Waals surface area contributed by atoms with Gasteiger partial charge < -0.3 is 30.1 Å². The summed E-state index contributed by atoms with van der Waals surface area (Å²) >= 11 is 1.43. The number of rotatable bonds is 12. The van der Waals surface area contributed by atoms with E-state index in [1.54, 1.807) is 21.7 Å². The lowest BCUT2D eigenvalue weighted by Crippen LogP contribution is -2.39. The monoisotopic (exact) mass is 510 g/mol. The molecule has 0 fully saturated rings. The number of benzene rings is 1. The second-order valence-electron chi connectivity index (χ2n) is 8.24. The summed E-state index contributed by atoms with van der Waals surface area (Å²) < 4.78 is 7.22. The quantitative estimate of drug-likeness (QED) is 0.295. The molecule has 35 heavy (non-hydrogen) atoms. The van der Waals surface area contributed by atoms with Gasteiger partial charge in [0.25, 0.3) is 0 Å². The van der Waals surface area contributed by atoms with Crippen molar-refractivity contribution in [1.29, 1.82) is 0 Å². The Balaban J connectivity index is 0.00000612. The van der Waals surface area contributed by atoms with Crippen LogP contribution in [0.5, 0.6) is 5.75 Å². The number of anilines is 3. The second kappa shape index (κ2) is 13.9. The van der Waals surface area contributed by atoms with Gasteiger partial charge in [-0.25, -0.2) is 0 Å². The summed E-state index contributed by atoms with van der Waals surface area (Å²) in [6.07, 6.45) is 0. The van der Waals surface area contributed by atoms with Gasteiger partial charge in [-0.2, -0.15) is 0 Å². The number of ether oxygens (including phenoxy) is 1. The number of azo groups is 1. The van der Waals surface area contributed by atoms with Crippen LogP contribution in [0, 0.1) is 0 Å². The highest BCUT2D eigenvalue weighted by Gasteiger charge is 2.25. The highest BCUT2D eigenvalue weighted by Crippen LogP contribution is 2.40. The molecule has 196 valence electrons. The van der Waals surface area contributed by atoms with Crippen molar-refractivity contribution in [3.63, 3.8) is 0 Å². The first-order valence-electron chi connectivity index (χ1n) is 11.2. The van der Waals surface area contributed by atoms with Gasteiger partial charge in [0.1, 0.15) is 18.5 Å². The number of hydrogen-bond acceptors (Lipinski definition) is 10. The van der Waals surface area contributed by atoms with E-state index in [2.05, 4.69) is 53.2 Å². The number of amides is 1. The van der Waals surface area contributed by atoms with E-state index in [1.165, 1.54) is 25.4 Å². The number of nitrogens with one attached hydrogen (secondary N) is 1. The molecule has 2 rings (SSSR count). The minimum Gasteiger partial charge on any atom is -0.494 e. The zero-order valence-electron chi connectivity index (χ0n) is 20.9. The van der Waals surface area contributed by atoms with E-state index in [9.17, 15) is 15.0 Å². The first kappa shape index (κ1) is 30.2. The van der Waals surface area contributed by atoms with Gasteiger partial charge in [0, 0.05) is 38.2 Å². The number of aryl methyl sites for hydroxylation is 1. The topological polar surface area (TPSA) is 127 Å². The van der Waals surface area contributed by atoms with Gasteiger partial charge in [0.05, 0.1) is 36.8 Å². The first-order valence-corrected chi connectivity index (χ1v) is 12.0. The average molecular weight is 511 g/mol. The van der Waals surface area contributed by atoms with E-state index >= 15 is 0 Å². The number of aromatic nitrogens is 2. The molecular weight excluding hydrogens is 470 g/mol. The number of aliphatic hydroxyl groups is 2. The molecule has 1 heterocycles. The lowest BCUT2D eigenvalue weighted by Gasteiger charge is -2.28. The average Bonchev–Trinajstić information content (AvgIpc) is 3.11. The number of nitrogens with zero attached hydrogens (tertiary/aromatic N) is 6. The summed E-state index contributed by atoms with van der Waals surface area (Å²) in [6.45, 7) is 10.3. The van der Waals surface area contributed by atoms with Crippen LogP contribution in [-0.4, -0.2) is 66.7 Å². The van der Waals surface area contributed by atoms with Gasteiger partial charge in [0.2, 0.25) is 11.0 Å². The molecule has 1 aromatic carbocycles. The third-order valence-corrected chi connectivity index (χ3v) is 5.96. The van der Waals surface area contributed by atoms with E-state index in [0.29, 0.717) is 41.0 Å². The van der Waals surface area contributed by atoms with Gasteiger partial charge in [0.15, 0.2) is 0 Å². The molecule has 0 saturated carbocycles. The number of hydrogen-bond donors (Lipinski definition) is 3. The molecule has 2 aromatic rings. The zero-order chi connectivity index (χ0) is 25.4. The van der Waals surface area contributed by atoms with Gasteiger partial charge in [-0.3, -0.25) is 4.79 Å². The molecule has 0 unspecified atom stereocenters. The molecule has 1 aromatic heterocycles. The third-order valence-electron chi connectivity index (χ3n) is 4.96. The molecule has 0 aliphatic heterocycles. The van der Waals surface area contributed by atoms with Crippen molar-refractivity contribution in [3.8, 4) is 5.75 Å². The van der Waals surface area contributed by atoms with Crippen molar-refractivity contribution in [3.05, 3.63) is 12.1 Å². The Hall–Kier alpha value is -2.83. The second-order valence-corrected chi connectivity index (χ2v) is 9.18. The standard InChI is InChI=1S/C22H35N7O4S.CH4/c1-14(2)29(15(3)4)22-26-27(6)21(34-22)25-24-18-13-20(33-7)19(12-17(18)23-16(5)32)28(8-10-30)9-11-31;/h12-15,30-31H,8-11H2,1-7H3;1H4/p+1. The van der Waals surface area contributed by atoms with Gasteiger partial charge in [-0.15, -0.1) is 4.68 Å².